The molecule has 0 fully saturated rings. The minimum absolute atomic E-state index is 0.308. The standard InChI is InChI=1S/C23H28NP/c1-4-5-18-25(21-14-7-6-8-15-21)24(3)19(2)22-17-11-13-20-12-9-10-16-23(20)22/h6-17,19H,4-5,18H2,1-3H3/t19-,25+/m0/s1. The number of fused-ring (bicyclic) bond motifs is 1. The van der Waals surface area contributed by atoms with Crippen molar-refractivity contribution in [2.45, 2.75) is 32.7 Å². The molecule has 2 heteroatoms. The molecule has 0 radical (unpaired) electrons. The van der Waals surface area contributed by atoms with Crippen LogP contribution < -0.4 is 5.30 Å². The van der Waals surface area contributed by atoms with E-state index in [-0.39, 0.29) is 8.07 Å². The Bertz CT molecular complexity index is 794. The van der Waals surface area contributed by atoms with Crippen LogP contribution in [0.25, 0.3) is 10.8 Å². The van der Waals surface area contributed by atoms with E-state index in [0.717, 1.165) is 0 Å². The van der Waals surface area contributed by atoms with Gasteiger partial charge in [0.1, 0.15) is 0 Å². The summed E-state index contributed by atoms with van der Waals surface area (Å²) in [5.41, 5.74) is 1.43. The number of unbranched alkanes of at least 4 members (excludes halogenated alkanes) is 1. The topological polar surface area (TPSA) is 3.24 Å². The largest absolute Gasteiger partial charge is 0.274 e. The molecule has 2 atom stereocenters. The van der Waals surface area contributed by atoms with Crippen LogP contribution >= 0.6 is 8.07 Å². The van der Waals surface area contributed by atoms with Gasteiger partial charge in [-0.15, -0.1) is 0 Å². The zero-order valence-corrected chi connectivity index (χ0v) is 16.4. The quantitative estimate of drug-likeness (QED) is 0.449. The van der Waals surface area contributed by atoms with E-state index in [2.05, 4.69) is 98.4 Å². The molecular formula is C23H28NP. The minimum Gasteiger partial charge on any atom is -0.274 e. The van der Waals surface area contributed by atoms with Crippen molar-refractivity contribution in [3.63, 3.8) is 0 Å². The number of benzene rings is 3. The summed E-state index contributed by atoms with van der Waals surface area (Å²) >= 11 is 0. The molecule has 0 aliphatic heterocycles. The van der Waals surface area contributed by atoms with Gasteiger partial charge in [-0.2, -0.15) is 0 Å². The van der Waals surface area contributed by atoms with Crippen molar-refractivity contribution < 1.29 is 0 Å². The second-order valence-corrected chi connectivity index (χ2v) is 9.02. The molecule has 0 spiro atoms. The zero-order chi connectivity index (χ0) is 17.6. The van der Waals surface area contributed by atoms with Gasteiger partial charge in [-0.05, 0) is 56.3 Å². The molecule has 0 N–H and O–H groups in total. The molecule has 0 heterocycles. The number of nitrogens with zero attached hydrogens (tertiary/aromatic N) is 1. The second kappa shape index (κ2) is 8.61. The van der Waals surface area contributed by atoms with Crippen LogP contribution in [0.4, 0.5) is 0 Å². The summed E-state index contributed by atoms with van der Waals surface area (Å²) < 4.78 is 2.61. The summed E-state index contributed by atoms with van der Waals surface area (Å²) in [6.45, 7) is 4.64. The average molecular weight is 349 g/mol. The van der Waals surface area contributed by atoms with Crippen molar-refractivity contribution in [3.8, 4) is 0 Å². The highest BCUT2D eigenvalue weighted by Crippen LogP contribution is 2.45. The first kappa shape index (κ1) is 18.1. The fourth-order valence-corrected chi connectivity index (χ4v) is 6.01. The zero-order valence-electron chi connectivity index (χ0n) is 15.5. The maximum atomic E-state index is 2.61. The Balaban J connectivity index is 1.94. The van der Waals surface area contributed by atoms with Crippen molar-refractivity contribution in [2.24, 2.45) is 0 Å². The van der Waals surface area contributed by atoms with Crippen LogP contribution in [-0.4, -0.2) is 17.9 Å². The summed E-state index contributed by atoms with van der Waals surface area (Å²) in [4.78, 5) is 0. The van der Waals surface area contributed by atoms with Gasteiger partial charge in [-0.1, -0.05) is 86.1 Å². The molecule has 0 saturated carbocycles. The molecule has 25 heavy (non-hydrogen) atoms. The molecular weight excluding hydrogens is 321 g/mol. The molecule has 3 aromatic rings. The predicted molar refractivity (Wildman–Crippen MR) is 113 cm³/mol. The van der Waals surface area contributed by atoms with E-state index in [1.807, 2.05) is 0 Å². The highest BCUT2D eigenvalue weighted by molar-refractivity contribution is 7.63. The normalized spacial score (nSPS) is 13.9. The van der Waals surface area contributed by atoms with Crippen LogP contribution in [0.3, 0.4) is 0 Å². The van der Waals surface area contributed by atoms with E-state index in [9.17, 15) is 0 Å². The highest BCUT2D eigenvalue weighted by atomic mass is 31.1. The number of rotatable bonds is 7. The highest BCUT2D eigenvalue weighted by Gasteiger charge is 2.23. The van der Waals surface area contributed by atoms with Gasteiger partial charge in [0, 0.05) is 6.04 Å². The molecule has 0 bridgehead atoms. The van der Waals surface area contributed by atoms with Gasteiger partial charge in [0.05, 0.1) is 0 Å². The van der Waals surface area contributed by atoms with Crippen LogP contribution in [0, 0.1) is 0 Å². The second-order valence-electron chi connectivity index (χ2n) is 6.63. The fourth-order valence-electron chi connectivity index (χ4n) is 3.40. The number of hydrogen-bond donors (Lipinski definition) is 0. The Morgan fingerprint density at radius 2 is 1.56 bits per heavy atom. The molecule has 3 rings (SSSR count). The Morgan fingerprint density at radius 1 is 0.880 bits per heavy atom. The lowest BCUT2D eigenvalue weighted by Gasteiger charge is -2.34. The third-order valence-corrected chi connectivity index (χ3v) is 7.73. The van der Waals surface area contributed by atoms with E-state index >= 15 is 0 Å². The maximum absolute atomic E-state index is 2.61. The van der Waals surface area contributed by atoms with E-state index in [0.29, 0.717) is 6.04 Å². The van der Waals surface area contributed by atoms with Crippen molar-refractivity contribution in [2.75, 3.05) is 13.2 Å². The van der Waals surface area contributed by atoms with Gasteiger partial charge in [0.15, 0.2) is 0 Å². The first-order valence-electron chi connectivity index (χ1n) is 9.25. The average Bonchev–Trinajstić information content (AvgIpc) is 2.68. The summed E-state index contributed by atoms with van der Waals surface area (Å²) in [5, 5.41) is 4.20. The fraction of sp³-hybridized carbons (Fsp3) is 0.304. The van der Waals surface area contributed by atoms with Crippen LogP contribution in [-0.2, 0) is 0 Å². The van der Waals surface area contributed by atoms with Gasteiger partial charge < -0.3 is 0 Å². The minimum atomic E-state index is -0.308. The van der Waals surface area contributed by atoms with E-state index in [1.165, 1.54) is 40.6 Å². The molecule has 0 aliphatic rings. The Labute approximate surface area is 153 Å². The lowest BCUT2D eigenvalue weighted by atomic mass is 10.00. The van der Waals surface area contributed by atoms with Gasteiger partial charge in [-0.3, -0.25) is 4.67 Å². The van der Waals surface area contributed by atoms with Gasteiger partial charge >= 0.3 is 0 Å². The van der Waals surface area contributed by atoms with Gasteiger partial charge in [0.25, 0.3) is 0 Å². The van der Waals surface area contributed by atoms with E-state index in [4.69, 9.17) is 0 Å². The Kier molecular flexibility index (Phi) is 6.24. The summed E-state index contributed by atoms with van der Waals surface area (Å²) in [6, 6.07) is 26.9. The molecule has 0 unspecified atom stereocenters. The van der Waals surface area contributed by atoms with Gasteiger partial charge in [0.2, 0.25) is 0 Å². The van der Waals surface area contributed by atoms with Crippen molar-refractivity contribution in [1.82, 2.24) is 4.67 Å². The van der Waals surface area contributed by atoms with Crippen molar-refractivity contribution >= 4 is 24.1 Å². The molecule has 0 saturated heterocycles. The molecule has 1 nitrogen and oxygen atoms in total. The monoisotopic (exact) mass is 349 g/mol. The maximum Gasteiger partial charge on any atom is 0.0362 e. The summed E-state index contributed by atoms with van der Waals surface area (Å²) in [5.74, 6) is 0. The van der Waals surface area contributed by atoms with Gasteiger partial charge in [-0.25, -0.2) is 0 Å². The molecule has 0 aliphatic carbocycles. The van der Waals surface area contributed by atoms with Crippen molar-refractivity contribution in [1.29, 1.82) is 0 Å². The molecule has 130 valence electrons. The smallest absolute Gasteiger partial charge is 0.0362 e. The Hall–Kier alpha value is -1.69. The first-order chi connectivity index (χ1) is 12.2. The molecule has 0 aromatic heterocycles. The van der Waals surface area contributed by atoms with Crippen LogP contribution in [0.2, 0.25) is 0 Å². The lowest BCUT2D eigenvalue weighted by Crippen LogP contribution is -2.24. The van der Waals surface area contributed by atoms with E-state index in [1.54, 1.807) is 0 Å². The SMILES string of the molecule is CCCC[P@](c1ccccc1)N(C)[C@@H](C)c1cccc2ccccc12. The van der Waals surface area contributed by atoms with Crippen LogP contribution in [0.5, 0.6) is 0 Å². The van der Waals surface area contributed by atoms with Crippen LogP contribution in [0.1, 0.15) is 38.3 Å². The first-order valence-corrected chi connectivity index (χ1v) is 10.7. The van der Waals surface area contributed by atoms with Crippen LogP contribution in [0.15, 0.2) is 72.8 Å². The van der Waals surface area contributed by atoms with E-state index < -0.39 is 0 Å². The predicted octanol–water partition coefficient (Wildman–Crippen LogP) is 6.36. The third kappa shape index (κ3) is 4.11. The third-order valence-electron chi connectivity index (χ3n) is 4.99. The lowest BCUT2D eigenvalue weighted by molar-refractivity contribution is 0.442. The number of hydrogen-bond acceptors (Lipinski definition) is 1. The molecule has 0 amide bonds. The summed E-state index contributed by atoms with van der Waals surface area (Å²) in [7, 11) is 2.00. The van der Waals surface area contributed by atoms with Crippen molar-refractivity contribution in [3.05, 3.63) is 78.4 Å². The Morgan fingerprint density at radius 3 is 2.32 bits per heavy atom. The molecule has 3 aromatic carbocycles. The summed E-state index contributed by atoms with van der Waals surface area (Å²) in [6.07, 6.45) is 3.80.